The van der Waals surface area contributed by atoms with Crippen LogP contribution in [0.5, 0.6) is 23.0 Å². The summed E-state index contributed by atoms with van der Waals surface area (Å²) in [6.07, 6.45) is 0. The van der Waals surface area contributed by atoms with E-state index in [0.29, 0.717) is 10.8 Å². The molecule has 0 N–H and O–H groups in total. The number of methoxy groups -OCH3 is 3. The van der Waals surface area contributed by atoms with Crippen LogP contribution in [0.2, 0.25) is 5.02 Å². The molecule has 0 aromatic heterocycles. The zero-order valence-corrected chi connectivity index (χ0v) is 17.2. The van der Waals surface area contributed by atoms with Gasteiger partial charge in [-0.05, 0) is 18.2 Å². The van der Waals surface area contributed by atoms with E-state index in [9.17, 15) is 14.9 Å². The molecule has 2 aromatic carbocycles. The minimum absolute atomic E-state index is 0.0326. The first-order chi connectivity index (χ1) is 13.8. The normalized spacial score (nSPS) is 10.2. The highest BCUT2D eigenvalue weighted by Crippen LogP contribution is 2.46. The summed E-state index contributed by atoms with van der Waals surface area (Å²) in [5, 5.41) is 12.2. The fourth-order valence-corrected chi connectivity index (χ4v) is 2.83. The van der Waals surface area contributed by atoms with Crippen LogP contribution in [-0.2, 0) is 0 Å². The number of likely N-dealkylation sites (N-methyl/N-ethyl adjacent to an activating group) is 1. The third-order valence-electron chi connectivity index (χ3n) is 4.05. The van der Waals surface area contributed by atoms with Crippen molar-refractivity contribution < 1.29 is 28.7 Å². The molecule has 0 radical (unpaired) electrons. The van der Waals surface area contributed by atoms with Gasteiger partial charge in [0.15, 0.2) is 5.75 Å². The first-order valence-electron chi connectivity index (χ1n) is 8.45. The van der Waals surface area contributed by atoms with Crippen LogP contribution in [0.4, 0.5) is 5.69 Å². The van der Waals surface area contributed by atoms with Crippen LogP contribution in [0.3, 0.4) is 0 Å². The molecule has 0 aliphatic rings. The van der Waals surface area contributed by atoms with Crippen molar-refractivity contribution in [3.8, 4) is 23.0 Å². The highest BCUT2D eigenvalue weighted by Gasteiger charge is 2.33. The lowest BCUT2D eigenvalue weighted by atomic mass is 10.1. The standard InChI is InChI=1S/C19H21ClN2O7/c1-21(8-9-29-13-7-5-6-12(20)10-13)19(23)14-11-15(26-2)17(27-3)18(28-4)16(14)22(24)25/h5-7,10-11H,8-9H2,1-4H3. The predicted molar refractivity (Wildman–Crippen MR) is 107 cm³/mol. The number of nitrogens with zero attached hydrogens (tertiary/aromatic N) is 2. The fraction of sp³-hybridized carbons (Fsp3) is 0.316. The second-order valence-corrected chi connectivity index (χ2v) is 6.27. The number of halogens is 1. The van der Waals surface area contributed by atoms with Gasteiger partial charge in [-0.2, -0.15) is 0 Å². The molecule has 0 spiro atoms. The van der Waals surface area contributed by atoms with Gasteiger partial charge in [0.25, 0.3) is 5.91 Å². The molecular formula is C19H21ClN2O7. The predicted octanol–water partition coefficient (Wildman–Crippen LogP) is 3.43. The minimum Gasteiger partial charge on any atom is -0.493 e. The SMILES string of the molecule is COc1cc(C(=O)N(C)CCOc2cccc(Cl)c2)c([N+](=O)[O-])c(OC)c1OC. The second kappa shape index (κ2) is 9.83. The van der Waals surface area contributed by atoms with Gasteiger partial charge in [0.2, 0.25) is 11.5 Å². The summed E-state index contributed by atoms with van der Waals surface area (Å²) in [4.78, 5) is 25.2. The van der Waals surface area contributed by atoms with Crippen molar-refractivity contribution in [1.29, 1.82) is 0 Å². The summed E-state index contributed by atoms with van der Waals surface area (Å²) in [5.74, 6) is -0.0568. The van der Waals surface area contributed by atoms with Crippen molar-refractivity contribution in [2.75, 3.05) is 41.5 Å². The number of amides is 1. The summed E-state index contributed by atoms with van der Waals surface area (Å²) < 4.78 is 21.1. The van der Waals surface area contributed by atoms with Gasteiger partial charge in [-0.15, -0.1) is 0 Å². The Labute approximate surface area is 172 Å². The van der Waals surface area contributed by atoms with Crippen LogP contribution >= 0.6 is 11.6 Å². The van der Waals surface area contributed by atoms with Gasteiger partial charge in [0, 0.05) is 18.1 Å². The van der Waals surface area contributed by atoms with Crippen molar-refractivity contribution in [1.82, 2.24) is 4.90 Å². The van der Waals surface area contributed by atoms with E-state index in [2.05, 4.69) is 0 Å². The number of benzene rings is 2. The molecule has 0 heterocycles. The van der Waals surface area contributed by atoms with Gasteiger partial charge in [-0.1, -0.05) is 17.7 Å². The second-order valence-electron chi connectivity index (χ2n) is 5.83. The van der Waals surface area contributed by atoms with E-state index in [0.717, 1.165) is 0 Å². The molecule has 156 valence electrons. The zero-order chi connectivity index (χ0) is 21.6. The lowest BCUT2D eigenvalue weighted by Gasteiger charge is -2.20. The molecule has 0 bridgehead atoms. The van der Waals surface area contributed by atoms with Crippen molar-refractivity contribution in [2.24, 2.45) is 0 Å². The molecule has 1 amide bonds. The van der Waals surface area contributed by atoms with Gasteiger partial charge in [0.1, 0.15) is 17.9 Å². The Kier molecular flexibility index (Phi) is 7.49. The Balaban J connectivity index is 2.27. The monoisotopic (exact) mass is 424 g/mol. The number of hydrogen-bond donors (Lipinski definition) is 0. The van der Waals surface area contributed by atoms with Gasteiger partial charge in [0.05, 0.1) is 32.8 Å². The van der Waals surface area contributed by atoms with Crippen molar-refractivity contribution in [3.05, 3.63) is 51.0 Å². The van der Waals surface area contributed by atoms with Crippen LogP contribution in [0.1, 0.15) is 10.4 Å². The van der Waals surface area contributed by atoms with E-state index in [1.807, 2.05) is 0 Å². The molecule has 0 saturated carbocycles. The van der Waals surface area contributed by atoms with E-state index in [-0.39, 0.29) is 36.0 Å². The van der Waals surface area contributed by atoms with Gasteiger partial charge >= 0.3 is 5.69 Å². The Morgan fingerprint density at radius 1 is 1.14 bits per heavy atom. The van der Waals surface area contributed by atoms with Crippen molar-refractivity contribution in [3.63, 3.8) is 0 Å². The molecule has 10 heteroatoms. The third-order valence-corrected chi connectivity index (χ3v) is 4.29. The summed E-state index contributed by atoms with van der Waals surface area (Å²) in [6.45, 7) is 0.347. The largest absolute Gasteiger partial charge is 0.493 e. The van der Waals surface area contributed by atoms with Gasteiger partial charge in [-0.3, -0.25) is 14.9 Å². The lowest BCUT2D eigenvalue weighted by molar-refractivity contribution is -0.386. The van der Waals surface area contributed by atoms with Gasteiger partial charge < -0.3 is 23.8 Å². The Morgan fingerprint density at radius 3 is 2.38 bits per heavy atom. The van der Waals surface area contributed by atoms with E-state index in [4.69, 9.17) is 30.5 Å². The number of carbonyl (C=O) groups excluding carboxylic acids is 1. The summed E-state index contributed by atoms with van der Waals surface area (Å²) in [6, 6.07) is 8.10. The molecule has 0 atom stereocenters. The number of rotatable bonds is 9. The molecule has 0 fully saturated rings. The highest BCUT2D eigenvalue weighted by atomic mass is 35.5. The van der Waals surface area contributed by atoms with Crippen LogP contribution in [-0.4, -0.2) is 57.3 Å². The highest BCUT2D eigenvalue weighted by molar-refractivity contribution is 6.30. The van der Waals surface area contributed by atoms with Gasteiger partial charge in [-0.25, -0.2) is 0 Å². The molecule has 2 rings (SSSR count). The van der Waals surface area contributed by atoms with Crippen molar-refractivity contribution in [2.45, 2.75) is 0 Å². The molecule has 0 aliphatic carbocycles. The molecule has 9 nitrogen and oxygen atoms in total. The number of nitro groups is 1. The number of carbonyl (C=O) groups is 1. The minimum atomic E-state index is -0.690. The lowest BCUT2D eigenvalue weighted by Crippen LogP contribution is -2.31. The quantitative estimate of drug-likeness (QED) is 0.449. The maximum atomic E-state index is 12.9. The van der Waals surface area contributed by atoms with E-state index >= 15 is 0 Å². The van der Waals surface area contributed by atoms with Crippen molar-refractivity contribution >= 4 is 23.2 Å². The fourth-order valence-electron chi connectivity index (χ4n) is 2.65. The number of ether oxygens (including phenoxy) is 4. The van der Waals surface area contributed by atoms with E-state index < -0.39 is 16.5 Å². The maximum absolute atomic E-state index is 12.9. The molecule has 2 aromatic rings. The average Bonchev–Trinajstić information content (AvgIpc) is 2.71. The molecule has 29 heavy (non-hydrogen) atoms. The van der Waals surface area contributed by atoms with E-state index in [1.165, 1.54) is 39.3 Å². The summed E-state index contributed by atoms with van der Waals surface area (Å²) in [7, 11) is 5.45. The molecule has 0 saturated heterocycles. The summed E-state index contributed by atoms with van der Waals surface area (Å²) >= 11 is 5.90. The average molecular weight is 425 g/mol. The first-order valence-corrected chi connectivity index (χ1v) is 8.83. The molecular weight excluding hydrogens is 404 g/mol. The summed E-state index contributed by atoms with van der Waals surface area (Å²) in [5.41, 5.74) is -0.687. The zero-order valence-electron chi connectivity index (χ0n) is 16.4. The topological polar surface area (TPSA) is 100 Å². The van der Waals surface area contributed by atoms with Crippen LogP contribution < -0.4 is 18.9 Å². The third kappa shape index (κ3) is 5.00. The Bertz CT molecular complexity index is 904. The molecule has 0 unspecified atom stereocenters. The Hall–Kier alpha value is -3.20. The van der Waals surface area contributed by atoms with Crippen LogP contribution in [0.15, 0.2) is 30.3 Å². The molecule has 0 aliphatic heterocycles. The van der Waals surface area contributed by atoms with Crippen LogP contribution in [0, 0.1) is 10.1 Å². The first kappa shape index (κ1) is 22.1. The Morgan fingerprint density at radius 2 is 1.83 bits per heavy atom. The van der Waals surface area contributed by atoms with Crippen LogP contribution in [0.25, 0.3) is 0 Å². The maximum Gasteiger partial charge on any atom is 0.327 e. The van der Waals surface area contributed by atoms with E-state index in [1.54, 1.807) is 24.3 Å². The number of nitro benzene ring substituents is 1. The number of hydrogen-bond acceptors (Lipinski definition) is 7. The smallest absolute Gasteiger partial charge is 0.327 e.